The molecule has 3 rings (SSSR count). The maximum Gasteiger partial charge on any atom is -0.00132 e. The number of unbranched alkanes of at least 4 members (excludes halogenated alkanes) is 2. The summed E-state index contributed by atoms with van der Waals surface area (Å²) in [5, 5.41) is 0. The van der Waals surface area contributed by atoms with Crippen molar-refractivity contribution in [2.75, 3.05) is 0 Å². The third kappa shape index (κ3) is 4.62. The first-order chi connectivity index (χ1) is 13.6. The topological polar surface area (TPSA) is 0 Å². The van der Waals surface area contributed by atoms with Gasteiger partial charge in [0.2, 0.25) is 0 Å². The lowest BCUT2D eigenvalue weighted by atomic mass is 9.79. The highest BCUT2D eigenvalue weighted by Crippen LogP contribution is 2.44. The smallest absolute Gasteiger partial charge is 0.00132 e. The van der Waals surface area contributed by atoms with Crippen molar-refractivity contribution in [2.45, 2.75) is 111 Å². The van der Waals surface area contributed by atoms with Crippen LogP contribution in [-0.2, 0) is 30.1 Å². The molecule has 1 aliphatic carbocycles. The highest BCUT2D eigenvalue weighted by Gasteiger charge is 2.28. The number of rotatable bonds is 6. The molecule has 0 saturated carbocycles. The fraction of sp³-hybridized carbons (Fsp3) is 0.586. The van der Waals surface area contributed by atoms with E-state index in [0.29, 0.717) is 0 Å². The Balaban J connectivity index is 2.14. The minimum absolute atomic E-state index is 0.189. The van der Waals surface area contributed by atoms with E-state index in [-0.39, 0.29) is 10.8 Å². The lowest BCUT2D eigenvalue weighted by Crippen LogP contribution is -2.15. The summed E-state index contributed by atoms with van der Waals surface area (Å²) in [6.45, 7) is 18.8. The van der Waals surface area contributed by atoms with Crippen molar-refractivity contribution in [3.63, 3.8) is 0 Å². The third-order valence-corrected chi connectivity index (χ3v) is 6.54. The zero-order valence-electron chi connectivity index (χ0n) is 20.3. The monoisotopic (exact) mass is 390 g/mol. The van der Waals surface area contributed by atoms with Crippen molar-refractivity contribution in [1.29, 1.82) is 0 Å². The average molecular weight is 391 g/mol. The third-order valence-electron chi connectivity index (χ3n) is 6.54. The number of benzene rings is 2. The molecular formula is C29H42. The van der Waals surface area contributed by atoms with Crippen LogP contribution in [0, 0.1) is 0 Å². The first-order valence-corrected chi connectivity index (χ1v) is 11.9. The molecule has 29 heavy (non-hydrogen) atoms. The van der Waals surface area contributed by atoms with Crippen LogP contribution in [0.15, 0.2) is 24.3 Å². The summed E-state index contributed by atoms with van der Waals surface area (Å²) in [6, 6.07) is 10.2. The van der Waals surface area contributed by atoms with Gasteiger partial charge in [-0.15, -0.1) is 0 Å². The van der Waals surface area contributed by atoms with E-state index < -0.39 is 0 Å². The fourth-order valence-corrected chi connectivity index (χ4v) is 4.93. The Kier molecular flexibility index (Phi) is 6.32. The van der Waals surface area contributed by atoms with Crippen LogP contribution in [0.3, 0.4) is 0 Å². The molecule has 0 nitrogen and oxygen atoms in total. The van der Waals surface area contributed by atoms with Crippen molar-refractivity contribution >= 4 is 0 Å². The van der Waals surface area contributed by atoms with Crippen LogP contribution in [0.2, 0.25) is 0 Å². The average Bonchev–Trinajstić information content (AvgIpc) is 2.97. The van der Waals surface area contributed by atoms with Crippen molar-refractivity contribution in [3.05, 3.63) is 57.6 Å². The normalized spacial score (nSPS) is 13.5. The molecule has 2 aromatic rings. The SMILES string of the molecule is CCCCc1cc2c(cc1C(C)(C)C)-c1cc(C(C)(C)C)c(CCCC)cc1C2. The summed E-state index contributed by atoms with van der Waals surface area (Å²) in [4.78, 5) is 0. The van der Waals surface area contributed by atoms with Gasteiger partial charge in [0, 0.05) is 0 Å². The Morgan fingerprint density at radius 3 is 1.31 bits per heavy atom. The molecule has 1 aliphatic rings. The molecule has 0 saturated heterocycles. The number of fused-ring (bicyclic) bond motifs is 3. The predicted molar refractivity (Wildman–Crippen MR) is 129 cm³/mol. The Labute approximate surface area is 180 Å². The van der Waals surface area contributed by atoms with Crippen LogP contribution < -0.4 is 0 Å². The van der Waals surface area contributed by atoms with E-state index in [1.54, 1.807) is 33.4 Å². The molecule has 0 bridgehead atoms. The molecule has 0 aliphatic heterocycles. The quantitative estimate of drug-likeness (QED) is 0.395. The second-order valence-electron chi connectivity index (χ2n) is 11.2. The minimum atomic E-state index is 0.189. The zero-order valence-corrected chi connectivity index (χ0v) is 20.3. The highest BCUT2D eigenvalue weighted by atomic mass is 14.3. The van der Waals surface area contributed by atoms with Crippen molar-refractivity contribution < 1.29 is 0 Å². The first kappa shape index (κ1) is 22.1. The lowest BCUT2D eigenvalue weighted by Gasteiger charge is -2.26. The van der Waals surface area contributed by atoms with E-state index >= 15 is 0 Å². The number of aryl methyl sites for hydroxylation is 2. The largest absolute Gasteiger partial charge is 0.0654 e. The van der Waals surface area contributed by atoms with Crippen molar-refractivity contribution in [2.24, 2.45) is 0 Å². The second-order valence-corrected chi connectivity index (χ2v) is 11.2. The van der Waals surface area contributed by atoms with Gasteiger partial charge in [0.05, 0.1) is 0 Å². The molecule has 2 aromatic carbocycles. The summed E-state index contributed by atoms with van der Waals surface area (Å²) >= 11 is 0. The molecule has 0 heteroatoms. The lowest BCUT2D eigenvalue weighted by molar-refractivity contribution is 0.578. The van der Waals surface area contributed by atoms with E-state index in [4.69, 9.17) is 0 Å². The molecule has 0 fully saturated rings. The molecule has 0 amide bonds. The van der Waals surface area contributed by atoms with Gasteiger partial charge in [0.1, 0.15) is 0 Å². The van der Waals surface area contributed by atoms with Gasteiger partial charge in [-0.1, -0.05) is 92.5 Å². The highest BCUT2D eigenvalue weighted by molar-refractivity contribution is 5.79. The second kappa shape index (κ2) is 8.29. The van der Waals surface area contributed by atoms with Crippen molar-refractivity contribution in [3.8, 4) is 11.1 Å². The van der Waals surface area contributed by atoms with Crippen LogP contribution in [-0.4, -0.2) is 0 Å². The van der Waals surface area contributed by atoms with Gasteiger partial charge < -0.3 is 0 Å². The van der Waals surface area contributed by atoms with Gasteiger partial charge in [-0.2, -0.15) is 0 Å². The van der Waals surface area contributed by atoms with E-state index in [9.17, 15) is 0 Å². The summed E-state index contributed by atoms with van der Waals surface area (Å²) in [5.41, 5.74) is 12.7. The molecule has 0 radical (unpaired) electrons. The van der Waals surface area contributed by atoms with Crippen LogP contribution in [0.1, 0.15) is 114 Å². The van der Waals surface area contributed by atoms with Crippen LogP contribution >= 0.6 is 0 Å². The molecule has 0 atom stereocenters. The fourth-order valence-electron chi connectivity index (χ4n) is 4.93. The summed E-state index contributed by atoms with van der Waals surface area (Å²) in [6.07, 6.45) is 8.61. The summed E-state index contributed by atoms with van der Waals surface area (Å²) in [5.74, 6) is 0. The van der Waals surface area contributed by atoms with E-state index in [0.717, 1.165) is 6.42 Å². The standard InChI is InChI=1S/C29H42/c1-9-11-13-20-15-22-17-23-16-21(14-12-10-2)27(29(6,7)8)19-25(23)24(22)18-26(20)28(3,4)5/h15-16,18-19H,9-14,17H2,1-8H3. The Hall–Kier alpha value is -1.56. The van der Waals surface area contributed by atoms with E-state index in [1.165, 1.54) is 49.7 Å². The van der Waals surface area contributed by atoms with Gasteiger partial charge >= 0.3 is 0 Å². The molecule has 0 heterocycles. The maximum atomic E-state index is 2.55. The first-order valence-electron chi connectivity index (χ1n) is 11.9. The summed E-state index contributed by atoms with van der Waals surface area (Å²) in [7, 11) is 0. The minimum Gasteiger partial charge on any atom is -0.0654 e. The molecule has 158 valence electrons. The number of hydrogen-bond donors (Lipinski definition) is 0. The van der Waals surface area contributed by atoms with Gasteiger partial charge in [-0.25, -0.2) is 0 Å². The molecule has 0 aromatic heterocycles. The zero-order chi connectivity index (χ0) is 21.4. The summed E-state index contributed by atoms with van der Waals surface area (Å²) < 4.78 is 0. The van der Waals surface area contributed by atoms with Crippen LogP contribution in [0.4, 0.5) is 0 Å². The van der Waals surface area contributed by atoms with Gasteiger partial charge in [-0.3, -0.25) is 0 Å². The predicted octanol–water partition coefficient (Wildman–Crippen LogP) is 8.54. The molecule has 0 unspecified atom stereocenters. The van der Waals surface area contributed by atoms with E-state index in [2.05, 4.69) is 79.7 Å². The van der Waals surface area contributed by atoms with Crippen LogP contribution in [0.5, 0.6) is 0 Å². The Morgan fingerprint density at radius 1 is 0.621 bits per heavy atom. The molecular weight excluding hydrogens is 348 g/mol. The Bertz CT molecular complexity index is 795. The van der Waals surface area contributed by atoms with E-state index in [1.807, 2.05) is 0 Å². The molecule has 0 N–H and O–H groups in total. The van der Waals surface area contributed by atoms with Crippen molar-refractivity contribution in [1.82, 2.24) is 0 Å². The number of hydrogen-bond acceptors (Lipinski definition) is 0. The van der Waals surface area contributed by atoms with Gasteiger partial charge in [-0.05, 0) is 87.4 Å². The Morgan fingerprint density at radius 2 is 1.00 bits per heavy atom. The maximum absolute atomic E-state index is 2.55. The molecule has 0 spiro atoms. The van der Waals surface area contributed by atoms with Gasteiger partial charge in [0.25, 0.3) is 0 Å². The van der Waals surface area contributed by atoms with Crippen LogP contribution in [0.25, 0.3) is 11.1 Å². The van der Waals surface area contributed by atoms with Gasteiger partial charge in [0.15, 0.2) is 0 Å².